The summed E-state index contributed by atoms with van der Waals surface area (Å²) in [6, 6.07) is 72.3. The van der Waals surface area contributed by atoms with E-state index in [4.69, 9.17) is 0 Å². The van der Waals surface area contributed by atoms with Crippen molar-refractivity contribution in [3.05, 3.63) is 422 Å². The van der Waals surface area contributed by atoms with E-state index in [2.05, 4.69) is 99.5 Å². The molecule has 0 radical (unpaired) electrons. The number of hydrogen-bond donors (Lipinski definition) is 4. The summed E-state index contributed by atoms with van der Waals surface area (Å²) in [6.45, 7) is 26.2. The molecule has 0 saturated carbocycles. The van der Waals surface area contributed by atoms with Crippen LogP contribution < -0.4 is 65.8 Å². The molecule has 19 rings (SSSR count). The fourth-order valence-corrected chi connectivity index (χ4v) is 17.8. The van der Waals surface area contributed by atoms with Gasteiger partial charge in [-0.25, -0.2) is 33.2 Å². The molecule has 32 heteroatoms. The summed E-state index contributed by atoms with van der Waals surface area (Å²) in [4.78, 5) is 125. The average molecular weight is 2030 g/mol. The fraction of sp³-hybridized carbons (Fsp3) is 0.263. The number of phenolic OH excluding ortho intramolecular Hbond substituents is 1. The lowest BCUT2D eigenvalue weighted by molar-refractivity contribution is 0.475. The van der Waals surface area contributed by atoms with Crippen molar-refractivity contribution in [3.63, 3.8) is 0 Å². The first-order valence-electron chi connectivity index (χ1n) is 48.0. The monoisotopic (exact) mass is 2030 g/mol. The van der Waals surface area contributed by atoms with Crippen LogP contribution in [-0.4, -0.2) is 96.7 Å². The van der Waals surface area contributed by atoms with Crippen LogP contribution >= 0.6 is 0 Å². The van der Waals surface area contributed by atoms with Gasteiger partial charge in [-0.2, -0.15) is 5.10 Å². The predicted molar refractivity (Wildman–Crippen MR) is 609 cm³/mol. The van der Waals surface area contributed by atoms with Gasteiger partial charge >= 0.3 is 22.8 Å². The minimum atomic E-state index is -0.381. The SMILES string of the molecule is C.C.C.C.C.C=C/C(=C\C)N(C)c1c2c(=O)n(C)c(=O)n(CC(C)C)c2cn1Cc1ccc(-c2ccccn2)cc1.CC(C)Cn1c(=O)n(C)c(=O)c2c(Nc3ccc(F)cc3)n(Cc3ccc(-c4ccccn4)cc3)cc21.CC(C)Cn1c(=O)n(C)c(=O)c2c(Nc3ccccc3)n(Cc3ccc(-n4cncn4)cc3)cc21.CC(C)Cn1c(=O)n(C)c(=O)c2cn(Cc3ccc(-c4ccccn4)cc3)c(Nc3ccc(O)cc3)c21. The maximum atomic E-state index is 13.5. The maximum Gasteiger partial charge on any atom is 0.331 e. The Morgan fingerprint density at radius 3 is 1.12 bits per heavy atom. The molecule has 0 aliphatic heterocycles. The van der Waals surface area contributed by atoms with Gasteiger partial charge in [0.15, 0.2) is 0 Å². The molecule has 0 fully saturated rings. The lowest BCUT2D eigenvalue weighted by atomic mass is 10.1. The van der Waals surface area contributed by atoms with Crippen LogP contribution in [0.3, 0.4) is 0 Å². The lowest BCUT2D eigenvalue weighted by Crippen LogP contribution is -2.39. The van der Waals surface area contributed by atoms with Crippen LogP contribution in [0.15, 0.2) is 349 Å². The lowest BCUT2D eigenvalue weighted by Gasteiger charge is -2.23. The third kappa shape index (κ3) is 24.7. The first-order chi connectivity index (χ1) is 69.8. The molecule has 0 bridgehead atoms. The number of fused-ring (bicyclic) bond motifs is 4. The number of phenols is 1. The number of nitrogens with one attached hydrogen (secondary N) is 3. The first kappa shape index (κ1) is 113. The number of likely N-dealkylation sites (N-methyl/N-ethyl adjacent to an activating group) is 1. The van der Waals surface area contributed by atoms with Crippen LogP contribution in [0.4, 0.5) is 44.7 Å². The number of halogens is 1. The summed E-state index contributed by atoms with van der Waals surface area (Å²) in [5.74, 6) is 3.27. The van der Waals surface area contributed by atoms with Crippen molar-refractivity contribution in [1.82, 2.24) is 84.5 Å². The van der Waals surface area contributed by atoms with Crippen LogP contribution in [0.5, 0.6) is 5.75 Å². The van der Waals surface area contributed by atoms with E-state index in [0.29, 0.717) is 119 Å². The van der Waals surface area contributed by atoms with E-state index < -0.39 is 0 Å². The number of aromatic hydroxyl groups is 1. The Morgan fingerprint density at radius 1 is 0.400 bits per heavy atom. The molecule has 780 valence electrons. The Hall–Kier alpha value is -17.6. The number of rotatable bonds is 29. The second kappa shape index (κ2) is 49.5. The molecule has 4 N–H and O–H groups in total. The van der Waals surface area contributed by atoms with Crippen LogP contribution in [0.1, 0.15) is 122 Å². The summed E-state index contributed by atoms with van der Waals surface area (Å²) < 4.78 is 34.6. The summed E-state index contributed by atoms with van der Waals surface area (Å²) in [6.07, 6.45) is 19.7. The Bertz CT molecular complexity index is 8340. The van der Waals surface area contributed by atoms with E-state index in [0.717, 1.165) is 89.2 Å². The van der Waals surface area contributed by atoms with Gasteiger partial charge in [0.05, 0.1) is 44.7 Å². The summed E-state index contributed by atoms with van der Waals surface area (Å²) >= 11 is 0. The largest absolute Gasteiger partial charge is 0.508 e. The summed E-state index contributed by atoms with van der Waals surface area (Å²) in [5, 5.41) is 25.9. The normalized spacial score (nSPS) is 11.1. The van der Waals surface area contributed by atoms with Crippen LogP contribution in [0.2, 0.25) is 0 Å². The van der Waals surface area contributed by atoms with Crippen LogP contribution in [0.25, 0.3) is 83.1 Å². The van der Waals surface area contributed by atoms with Gasteiger partial charge in [0, 0.05) is 170 Å². The number of aromatic nitrogens is 18. The highest BCUT2D eigenvalue weighted by atomic mass is 19.1. The van der Waals surface area contributed by atoms with Gasteiger partial charge in [-0.15, -0.1) is 0 Å². The minimum Gasteiger partial charge on any atom is -0.508 e. The van der Waals surface area contributed by atoms with Crippen LogP contribution in [-0.2, 0) is 80.5 Å². The molecule has 0 unspecified atom stereocenters. The standard InChI is InChI=1S/C29H28FN5O2.C29H29N5O3.C29H33N5O2.C26H27N7O2.5CH4/c1-19(2)16-35-25-18-34(17-20-7-9-21(10-8-20)24-6-4-5-15-31-24)27(26(25)28(36)33(3)29(35)37)32-23-13-11-22(30)12-14-23;1-19(2)16-34-26-24(28(36)32(3)29(34)37)18-33(27(26)31-22-11-13-23(35)14-12-22)17-20-7-9-21(10-8-20)25-6-4-5-15-30-25;1-7-23(8-2)31(5)27-26-25(34(17-20(3)4)29(36)32(6)28(26)35)19-33(27)18-21-12-14-22(15-13-21)24-11-9-10-16-30-24;1-18(2)13-32-22-15-31(14-19-9-11-21(12-10-19)33-17-27-16-28-33)24(29-20-7-5-4-6-8-20)23(22)25(34)30(3)26(32)35;;;;;/h4-15,18-19,32H,16-17H2,1-3H3;4-15,18-19,31,35H,16-17H2,1-3H3;7-16,19-20H,1,17-18H2,2-6H3;4-12,15-18,29H,13-14H2,1-3H3;5*1H4/b;;23-8+;;;;;;. The Morgan fingerprint density at radius 2 is 0.740 bits per heavy atom. The van der Waals surface area contributed by atoms with Crippen molar-refractivity contribution in [2.24, 2.45) is 51.9 Å². The Kier molecular flexibility index (Phi) is 37.2. The van der Waals surface area contributed by atoms with E-state index in [1.807, 2.05) is 253 Å². The zero-order chi connectivity index (χ0) is 103. The molecule has 150 heavy (non-hydrogen) atoms. The summed E-state index contributed by atoms with van der Waals surface area (Å²) in [5.41, 5.74) is 13.7. The third-order valence-electron chi connectivity index (χ3n) is 25.0. The van der Waals surface area contributed by atoms with Crippen molar-refractivity contribution in [2.75, 3.05) is 27.9 Å². The zero-order valence-corrected chi connectivity index (χ0v) is 83.6. The van der Waals surface area contributed by atoms with Crippen molar-refractivity contribution in [1.29, 1.82) is 0 Å². The Labute approximate surface area is 872 Å². The smallest absolute Gasteiger partial charge is 0.331 e. The van der Waals surface area contributed by atoms with E-state index in [-0.39, 0.29) is 117 Å². The zero-order valence-electron chi connectivity index (χ0n) is 83.6. The van der Waals surface area contributed by atoms with Gasteiger partial charge in [0.1, 0.15) is 69.2 Å². The second-order valence-corrected chi connectivity index (χ2v) is 37.6. The number of anilines is 7. The Balaban J connectivity index is 0.000000188. The molecule has 31 nitrogen and oxygen atoms in total. The molecule has 7 aromatic carbocycles. The first-order valence-corrected chi connectivity index (χ1v) is 48.0. The molecule has 0 saturated heterocycles. The van der Waals surface area contributed by atoms with E-state index in [1.165, 1.54) is 53.3 Å². The quantitative estimate of drug-likeness (QED) is 0.0250. The number of benzene rings is 7. The van der Waals surface area contributed by atoms with Gasteiger partial charge in [-0.05, 0) is 168 Å². The molecule has 12 aromatic heterocycles. The molecular weight excluding hydrogens is 1890 g/mol. The molecule has 0 atom stereocenters. The van der Waals surface area contributed by atoms with Gasteiger partial charge in [-0.3, -0.25) is 70.7 Å². The molecule has 12 heterocycles. The van der Waals surface area contributed by atoms with Gasteiger partial charge < -0.3 is 44.2 Å². The van der Waals surface area contributed by atoms with Crippen molar-refractivity contribution in [2.45, 2.75) is 152 Å². The predicted octanol–water partition coefficient (Wildman–Crippen LogP) is 21.4. The van der Waals surface area contributed by atoms with Crippen molar-refractivity contribution in [3.8, 4) is 45.2 Å². The minimum absolute atomic E-state index is 0. The fourth-order valence-electron chi connectivity index (χ4n) is 17.8. The van der Waals surface area contributed by atoms with Gasteiger partial charge in [0.25, 0.3) is 22.2 Å². The number of pyridine rings is 3. The molecule has 19 aromatic rings. The number of nitrogens with zero attached hydrogens (tertiary/aromatic N) is 19. The second-order valence-electron chi connectivity index (χ2n) is 37.6. The van der Waals surface area contributed by atoms with E-state index in [1.54, 1.807) is 97.4 Å². The molecule has 0 spiro atoms. The van der Waals surface area contributed by atoms with Gasteiger partial charge in [0.2, 0.25) is 0 Å². The highest BCUT2D eigenvalue weighted by Gasteiger charge is 2.28. The maximum absolute atomic E-state index is 13.5. The van der Waals surface area contributed by atoms with Crippen LogP contribution in [0, 0.1) is 29.5 Å². The average Bonchev–Trinajstić information content (AvgIpc) is 1.58. The molecular formula is C118H137FN22O9. The highest BCUT2D eigenvalue weighted by Crippen LogP contribution is 2.36. The van der Waals surface area contributed by atoms with E-state index in [9.17, 15) is 47.9 Å². The number of allylic oxidation sites excluding steroid dienone is 2. The topological polar surface area (TPSA) is 325 Å². The van der Waals surface area contributed by atoms with Crippen molar-refractivity contribution < 1.29 is 9.50 Å². The third-order valence-corrected chi connectivity index (χ3v) is 25.0. The number of para-hydroxylation sites is 1. The van der Waals surface area contributed by atoms with Crippen molar-refractivity contribution >= 4 is 83.9 Å². The number of hydrogen-bond acceptors (Lipinski definition) is 18. The summed E-state index contributed by atoms with van der Waals surface area (Å²) in [7, 11) is 8.01. The van der Waals surface area contributed by atoms with Gasteiger partial charge in [-0.1, -0.05) is 227 Å². The molecule has 0 aliphatic rings. The molecule has 0 amide bonds. The highest BCUT2D eigenvalue weighted by molar-refractivity contribution is 5.95. The molecule has 0 aliphatic carbocycles. The van der Waals surface area contributed by atoms with E-state index >= 15 is 0 Å².